The highest BCUT2D eigenvalue weighted by molar-refractivity contribution is 5.89. The fourth-order valence-corrected chi connectivity index (χ4v) is 5.96. The Hall–Kier alpha value is -5.06. The van der Waals surface area contributed by atoms with Crippen LogP contribution in [0, 0.1) is 5.92 Å². The van der Waals surface area contributed by atoms with Gasteiger partial charge in [0.2, 0.25) is 0 Å². The zero-order valence-electron chi connectivity index (χ0n) is 28.4. The number of likely N-dealkylation sites (N-methyl/N-ethyl adjacent to an activating group) is 1. The van der Waals surface area contributed by atoms with Gasteiger partial charge in [0.15, 0.2) is 6.29 Å². The molecule has 1 aliphatic heterocycles. The van der Waals surface area contributed by atoms with Crippen LogP contribution >= 0.6 is 0 Å². The summed E-state index contributed by atoms with van der Waals surface area (Å²) < 4.78 is 19.1. The van der Waals surface area contributed by atoms with Gasteiger partial charge < -0.3 is 34.9 Å². The van der Waals surface area contributed by atoms with Gasteiger partial charge >= 0.3 is 6.03 Å². The summed E-state index contributed by atoms with van der Waals surface area (Å²) in [5.74, 6) is 1.52. The highest BCUT2D eigenvalue weighted by atomic mass is 16.7. The summed E-state index contributed by atoms with van der Waals surface area (Å²) in [4.78, 5) is 19.4. The Morgan fingerprint density at radius 1 is 0.820 bits per heavy atom. The van der Waals surface area contributed by atoms with Crippen molar-refractivity contribution in [3.63, 3.8) is 0 Å². The molecule has 4 aromatic carbocycles. The number of aromatic nitrogens is 1. The summed E-state index contributed by atoms with van der Waals surface area (Å²) in [6.45, 7) is 4.11. The lowest BCUT2D eigenvalue weighted by Gasteiger charge is -2.42. The number of hydrogen-bond donors (Lipinski definition) is 3. The minimum absolute atomic E-state index is 0.00261. The Kier molecular flexibility index (Phi) is 11.9. The fourth-order valence-electron chi connectivity index (χ4n) is 5.96. The van der Waals surface area contributed by atoms with Crippen molar-refractivity contribution >= 4 is 11.7 Å². The molecule has 1 aliphatic rings. The number of carbonyl (C=O) groups is 1. The molecule has 50 heavy (non-hydrogen) atoms. The van der Waals surface area contributed by atoms with Crippen LogP contribution in [-0.2, 0) is 29.0 Å². The quantitative estimate of drug-likeness (QED) is 0.118. The van der Waals surface area contributed by atoms with Gasteiger partial charge in [-0.25, -0.2) is 4.79 Å². The van der Waals surface area contributed by atoms with Crippen molar-refractivity contribution in [3.05, 3.63) is 155 Å². The number of rotatable bonds is 13. The van der Waals surface area contributed by atoms with Gasteiger partial charge in [0.1, 0.15) is 11.5 Å². The molecule has 2 heterocycles. The predicted molar refractivity (Wildman–Crippen MR) is 194 cm³/mol. The van der Waals surface area contributed by atoms with Crippen LogP contribution in [0.3, 0.4) is 0 Å². The molecule has 258 valence electrons. The van der Waals surface area contributed by atoms with E-state index in [2.05, 4.69) is 40.6 Å². The second kappa shape index (κ2) is 17.0. The number of urea groups is 1. The Morgan fingerprint density at radius 3 is 2.20 bits per heavy atom. The van der Waals surface area contributed by atoms with Crippen LogP contribution in [0.5, 0.6) is 11.5 Å². The number of aliphatic hydroxyl groups excluding tert-OH is 1. The van der Waals surface area contributed by atoms with E-state index in [1.54, 1.807) is 12.1 Å². The molecule has 0 bridgehead atoms. The number of carbonyl (C=O) groups excluding carboxylic acids is 1. The molecule has 0 unspecified atom stereocenters. The molecule has 9 heteroatoms. The fraction of sp³-hybridized carbons (Fsp3) is 0.268. The average Bonchev–Trinajstić information content (AvgIpc) is 3.16. The summed E-state index contributed by atoms with van der Waals surface area (Å²) in [6, 6.07) is 38.4. The smallest absolute Gasteiger partial charge is 0.319 e. The van der Waals surface area contributed by atoms with Gasteiger partial charge in [0.25, 0.3) is 0 Å². The topological polar surface area (TPSA) is 105 Å². The first kappa shape index (κ1) is 34.8. The zero-order valence-corrected chi connectivity index (χ0v) is 28.4. The van der Waals surface area contributed by atoms with Crippen molar-refractivity contribution in [2.24, 2.45) is 5.92 Å². The van der Waals surface area contributed by atoms with Gasteiger partial charge in [0.05, 0.1) is 18.8 Å². The molecule has 1 fully saturated rings. The highest BCUT2D eigenvalue weighted by Crippen LogP contribution is 2.41. The molecule has 6 rings (SSSR count). The van der Waals surface area contributed by atoms with Crippen LogP contribution in [-0.4, -0.2) is 47.3 Å². The van der Waals surface area contributed by atoms with E-state index in [1.807, 2.05) is 109 Å². The number of hydrogen-bond acceptors (Lipinski definition) is 7. The van der Waals surface area contributed by atoms with Crippen molar-refractivity contribution in [1.29, 1.82) is 0 Å². The normalized spacial score (nSPS) is 18.8. The van der Waals surface area contributed by atoms with Gasteiger partial charge in [0, 0.05) is 55.1 Å². The molecule has 0 aliphatic carbocycles. The molecular weight excluding hydrogens is 628 g/mol. The number of para-hydroxylation sites is 1. The number of amides is 2. The van der Waals surface area contributed by atoms with Crippen LogP contribution < -0.4 is 15.4 Å². The summed E-state index contributed by atoms with van der Waals surface area (Å²) in [5.41, 5.74) is 5.49. The van der Waals surface area contributed by atoms with Crippen molar-refractivity contribution in [2.45, 2.75) is 45.0 Å². The van der Waals surface area contributed by atoms with E-state index in [-0.39, 0.29) is 30.8 Å². The molecule has 2 amide bonds. The highest BCUT2D eigenvalue weighted by Gasteiger charge is 2.38. The number of nitrogens with zero attached hydrogens (tertiary/aromatic N) is 2. The maximum Gasteiger partial charge on any atom is 0.319 e. The Balaban J connectivity index is 1.06. The first-order valence-electron chi connectivity index (χ1n) is 17.0. The summed E-state index contributed by atoms with van der Waals surface area (Å²) in [7, 11) is 2.11. The van der Waals surface area contributed by atoms with Gasteiger partial charge in [-0.05, 0) is 72.3 Å². The predicted octanol–water partition coefficient (Wildman–Crippen LogP) is 7.65. The molecule has 0 radical (unpaired) electrons. The van der Waals surface area contributed by atoms with Gasteiger partial charge in [-0.3, -0.25) is 4.98 Å². The molecule has 5 aromatic rings. The summed E-state index contributed by atoms with van der Waals surface area (Å²) in [6.07, 6.45) is 1.83. The molecular formula is C41H44N4O5. The molecule has 1 saturated heterocycles. The van der Waals surface area contributed by atoms with Crippen LogP contribution in [0.2, 0.25) is 0 Å². The molecule has 1 aromatic heterocycles. The lowest BCUT2D eigenvalue weighted by atomic mass is 9.90. The van der Waals surface area contributed by atoms with E-state index in [9.17, 15) is 9.90 Å². The molecule has 0 saturated carbocycles. The van der Waals surface area contributed by atoms with E-state index in [0.29, 0.717) is 18.0 Å². The number of nitrogens with one attached hydrogen (secondary N) is 2. The lowest BCUT2D eigenvalue weighted by Crippen LogP contribution is -2.43. The summed E-state index contributed by atoms with van der Waals surface area (Å²) >= 11 is 0. The SMILES string of the molecule is C[C@@H]1[C@H](CN(C)CCc2ccccn2)O[C@H](c2ccc(CNC(=O)Nc3ccc(Oc4ccccc4)cc3)cc2)O[C@@H]1c1ccc(CO)cc1. The number of benzene rings is 4. The Labute approximate surface area is 293 Å². The second-order valence-electron chi connectivity index (χ2n) is 12.6. The molecule has 3 N–H and O–H groups in total. The van der Waals surface area contributed by atoms with E-state index >= 15 is 0 Å². The zero-order chi connectivity index (χ0) is 34.7. The average molecular weight is 673 g/mol. The first-order chi connectivity index (χ1) is 24.4. The number of aliphatic hydroxyl groups is 1. The third kappa shape index (κ3) is 9.55. The largest absolute Gasteiger partial charge is 0.457 e. The van der Waals surface area contributed by atoms with Crippen molar-refractivity contribution < 1.29 is 24.1 Å². The van der Waals surface area contributed by atoms with Crippen molar-refractivity contribution in [3.8, 4) is 11.5 Å². The van der Waals surface area contributed by atoms with Gasteiger partial charge in [-0.1, -0.05) is 79.7 Å². The third-order valence-corrected chi connectivity index (χ3v) is 8.89. The van der Waals surface area contributed by atoms with Crippen LogP contribution in [0.4, 0.5) is 10.5 Å². The third-order valence-electron chi connectivity index (χ3n) is 8.89. The van der Waals surface area contributed by atoms with Crippen LogP contribution in [0.1, 0.15) is 47.3 Å². The van der Waals surface area contributed by atoms with Gasteiger partial charge in [-0.2, -0.15) is 0 Å². The van der Waals surface area contributed by atoms with Crippen LogP contribution in [0.15, 0.2) is 128 Å². The minimum Gasteiger partial charge on any atom is -0.457 e. The Bertz CT molecular complexity index is 1770. The van der Waals surface area contributed by atoms with Gasteiger partial charge in [-0.15, -0.1) is 0 Å². The lowest BCUT2D eigenvalue weighted by molar-refractivity contribution is -0.275. The maximum absolute atomic E-state index is 12.7. The molecule has 0 spiro atoms. The van der Waals surface area contributed by atoms with Crippen molar-refractivity contribution in [2.75, 3.05) is 25.5 Å². The minimum atomic E-state index is -0.568. The monoisotopic (exact) mass is 672 g/mol. The van der Waals surface area contributed by atoms with E-state index < -0.39 is 6.29 Å². The maximum atomic E-state index is 12.7. The van der Waals surface area contributed by atoms with E-state index in [0.717, 1.165) is 53.2 Å². The van der Waals surface area contributed by atoms with Crippen LogP contribution in [0.25, 0.3) is 0 Å². The van der Waals surface area contributed by atoms with E-state index in [1.165, 1.54) is 0 Å². The van der Waals surface area contributed by atoms with Crippen molar-refractivity contribution in [1.82, 2.24) is 15.2 Å². The number of anilines is 1. The number of pyridine rings is 1. The van der Waals surface area contributed by atoms with E-state index in [4.69, 9.17) is 14.2 Å². The standard InChI is InChI=1S/C41H44N4O5/c1-29-38(27-45(2)25-23-34-8-6-7-24-42-34)49-40(50-39(29)32-15-13-31(28-46)14-16-32)33-17-11-30(12-18-33)26-43-41(47)44-35-19-21-37(22-20-35)48-36-9-4-3-5-10-36/h3-22,24,29,38-40,46H,23,25-28H2,1-2H3,(H2,43,44,47)/t29-,38+,39+,40+/m1/s1. The Morgan fingerprint density at radius 2 is 1.50 bits per heavy atom. The number of ether oxygens (including phenoxy) is 3. The molecule has 9 nitrogen and oxygen atoms in total. The summed E-state index contributed by atoms with van der Waals surface area (Å²) in [5, 5.41) is 15.4. The molecule has 4 atom stereocenters. The first-order valence-corrected chi connectivity index (χ1v) is 17.0. The second-order valence-corrected chi connectivity index (χ2v) is 12.6.